The molecule has 0 atom stereocenters. The molecule has 1 N–H and O–H groups in total. The molecule has 0 bridgehead atoms. The van der Waals surface area contributed by atoms with Crippen molar-refractivity contribution in [3.05, 3.63) is 58.1 Å². The van der Waals surface area contributed by atoms with Crippen LogP contribution in [0.3, 0.4) is 0 Å². The number of halogens is 1. The van der Waals surface area contributed by atoms with E-state index in [0.717, 1.165) is 48.7 Å². The molecule has 1 amide bonds. The summed E-state index contributed by atoms with van der Waals surface area (Å²) in [6, 6.07) is 13.7. The Morgan fingerprint density at radius 1 is 1.08 bits per heavy atom. The highest BCUT2D eigenvalue weighted by atomic mass is 79.9. The first-order chi connectivity index (χ1) is 12.6. The van der Waals surface area contributed by atoms with Crippen molar-refractivity contribution >= 4 is 21.8 Å². The second-order valence-electron chi connectivity index (χ2n) is 6.42. The molecule has 1 fully saturated rings. The molecule has 3 rings (SSSR count). The van der Waals surface area contributed by atoms with Crippen LogP contribution in [0.25, 0.3) is 0 Å². The minimum Gasteiger partial charge on any atom is -0.497 e. The van der Waals surface area contributed by atoms with E-state index in [1.165, 1.54) is 10.5 Å². The van der Waals surface area contributed by atoms with Crippen molar-refractivity contribution in [2.24, 2.45) is 0 Å². The molecular formula is C20H24BrN2O3+. The van der Waals surface area contributed by atoms with Gasteiger partial charge in [0.25, 0.3) is 5.91 Å². The summed E-state index contributed by atoms with van der Waals surface area (Å²) in [7, 11) is 3.30. The monoisotopic (exact) mass is 419 g/mol. The maximum absolute atomic E-state index is 12.7. The zero-order valence-corrected chi connectivity index (χ0v) is 16.7. The number of carbonyl (C=O) groups is 1. The molecule has 0 saturated carbocycles. The first-order valence-corrected chi connectivity index (χ1v) is 9.49. The van der Waals surface area contributed by atoms with Gasteiger partial charge in [0.05, 0.1) is 44.9 Å². The zero-order valence-electron chi connectivity index (χ0n) is 15.1. The number of hydrogen-bond donors (Lipinski definition) is 1. The van der Waals surface area contributed by atoms with Crippen molar-refractivity contribution in [1.82, 2.24) is 4.90 Å². The normalized spacial score (nSPS) is 15.0. The van der Waals surface area contributed by atoms with Crippen molar-refractivity contribution in [2.45, 2.75) is 6.54 Å². The van der Waals surface area contributed by atoms with Gasteiger partial charge in [-0.25, -0.2) is 0 Å². The van der Waals surface area contributed by atoms with E-state index in [4.69, 9.17) is 9.47 Å². The van der Waals surface area contributed by atoms with E-state index in [9.17, 15) is 4.79 Å². The number of benzene rings is 2. The summed E-state index contributed by atoms with van der Waals surface area (Å²) in [5.41, 5.74) is 1.98. The molecular weight excluding hydrogens is 396 g/mol. The molecule has 138 valence electrons. The lowest BCUT2D eigenvalue weighted by Crippen LogP contribution is -3.13. The van der Waals surface area contributed by atoms with Gasteiger partial charge in [0.2, 0.25) is 0 Å². The number of piperazine rings is 1. The Balaban J connectivity index is 1.55. The summed E-state index contributed by atoms with van der Waals surface area (Å²) in [6.07, 6.45) is 0. The smallest absolute Gasteiger partial charge is 0.254 e. The standard InChI is InChI=1S/C20H23BrN2O3/c1-25-17-6-3-15(4-7-17)14-22-9-11-23(12-10-22)20(24)16-5-8-19(26-2)18(21)13-16/h3-8,13H,9-12,14H2,1-2H3/p+1. The SMILES string of the molecule is COc1ccc(C[NH+]2CCN(C(=O)c3ccc(OC)c(Br)c3)CC2)cc1. The van der Waals surface area contributed by atoms with Crippen LogP contribution in [0.4, 0.5) is 0 Å². The predicted molar refractivity (Wildman–Crippen MR) is 104 cm³/mol. The molecule has 1 aliphatic rings. The van der Waals surface area contributed by atoms with Gasteiger partial charge in [0, 0.05) is 11.1 Å². The molecule has 26 heavy (non-hydrogen) atoms. The van der Waals surface area contributed by atoms with Crippen LogP contribution >= 0.6 is 15.9 Å². The number of ether oxygens (including phenoxy) is 2. The first kappa shape index (κ1) is 18.7. The number of quaternary nitrogens is 1. The van der Waals surface area contributed by atoms with Crippen LogP contribution in [0.2, 0.25) is 0 Å². The molecule has 2 aromatic rings. The van der Waals surface area contributed by atoms with Crippen LogP contribution in [-0.2, 0) is 6.54 Å². The van der Waals surface area contributed by atoms with Gasteiger partial charge in [-0.1, -0.05) is 0 Å². The number of nitrogens with zero attached hydrogens (tertiary/aromatic N) is 1. The number of nitrogens with one attached hydrogen (secondary N) is 1. The van der Waals surface area contributed by atoms with Gasteiger partial charge in [0.15, 0.2) is 0 Å². The topological polar surface area (TPSA) is 43.2 Å². The Morgan fingerprint density at radius 3 is 2.35 bits per heavy atom. The molecule has 0 radical (unpaired) electrons. The van der Waals surface area contributed by atoms with Gasteiger partial charge in [-0.3, -0.25) is 4.79 Å². The second-order valence-corrected chi connectivity index (χ2v) is 7.27. The molecule has 1 heterocycles. The average molecular weight is 420 g/mol. The molecule has 1 saturated heterocycles. The highest BCUT2D eigenvalue weighted by molar-refractivity contribution is 9.10. The Hall–Kier alpha value is -2.05. The van der Waals surface area contributed by atoms with Crippen LogP contribution in [0.1, 0.15) is 15.9 Å². The van der Waals surface area contributed by atoms with Crippen molar-refractivity contribution in [3.63, 3.8) is 0 Å². The highest BCUT2D eigenvalue weighted by Gasteiger charge is 2.25. The number of methoxy groups -OCH3 is 2. The number of amides is 1. The first-order valence-electron chi connectivity index (χ1n) is 8.70. The van der Waals surface area contributed by atoms with Gasteiger partial charge in [-0.05, 0) is 58.4 Å². The summed E-state index contributed by atoms with van der Waals surface area (Å²) in [5.74, 6) is 1.69. The average Bonchev–Trinajstić information content (AvgIpc) is 2.68. The van der Waals surface area contributed by atoms with Crippen LogP contribution in [0.5, 0.6) is 11.5 Å². The number of carbonyl (C=O) groups excluding carboxylic acids is 1. The fourth-order valence-corrected chi connectivity index (χ4v) is 3.76. The number of hydrogen-bond acceptors (Lipinski definition) is 3. The maximum atomic E-state index is 12.7. The van der Waals surface area contributed by atoms with Crippen LogP contribution in [-0.4, -0.2) is 51.2 Å². The van der Waals surface area contributed by atoms with Crippen LogP contribution in [0, 0.1) is 0 Å². The molecule has 0 unspecified atom stereocenters. The summed E-state index contributed by atoms with van der Waals surface area (Å²) in [5, 5.41) is 0. The van der Waals surface area contributed by atoms with Gasteiger partial charge in [0.1, 0.15) is 18.0 Å². The molecule has 5 nitrogen and oxygen atoms in total. The minimum atomic E-state index is 0.0804. The van der Waals surface area contributed by atoms with E-state index in [2.05, 4.69) is 28.1 Å². The molecule has 0 aromatic heterocycles. The lowest BCUT2D eigenvalue weighted by atomic mass is 10.1. The molecule has 2 aromatic carbocycles. The Kier molecular flexibility index (Phi) is 6.16. The second kappa shape index (κ2) is 8.56. The van der Waals surface area contributed by atoms with Gasteiger partial charge in [-0.15, -0.1) is 0 Å². The van der Waals surface area contributed by atoms with E-state index >= 15 is 0 Å². The molecule has 1 aliphatic heterocycles. The Labute approximate surface area is 162 Å². The highest BCUT2D eigenvalue weighted by Crippen LogP contribution is 2.26. The summed E-state index contributed by atoms with van der Waals surface area (Å²) in [4.78, 5) is 16.2. The largest absolute Gasteiger partial charge is 0.497 e. The van der Waals surface area contributed by atoms with E-state index in [1.54, 1.807) is 14.2 Å². The third kappa shape index (κ3) is 4.37. The minimum absolute atomic E-state index is 0.0804. The summed E-state index contributed by atoms with van der Waals surface area (Å²) in [6.45, 7) is 4.42. The van der Waals surface area contributed by atoms with Crippen molar-refractivity contribution in [3.8, 4) is 11.5 Å². The van der Waals surface area contributed by atoms with Gasteiger partial charge >= 0.3 is 0 Å². The Morgan fingerprint density at radius 2 is 1.77 bits per heavy atom. The van der Waals surface area contributed by atoms with Gasteiger partial charge < -0.3 is 19.3 Å². The zero-order chi connectivity index (χ0) is 18.5. The quantitative estimate of drug-likeness (QED) is 0.805. The van der Waals surface area contributed by atoms with Crippen LogP contribution < -0.4 is 14.4 Å². The summed E-state index contributed by atoms with van der Waals surface area (Å²) < 4.78 is 11.2. The van der Waals surface area contributed by atoms with E-state index in [0.29, 0.717) is 5.56 Å². The lowest BCUT2D eigenvalue weighted by molar-refractivity contribution is -0.917. The third-order valence-corrected chi connectivity index (χ3v) is 5.39. The van der Waals surface area contributed by atoms with Crippen molar-refractivity contribution < 1.29 is 19.2 Å². The maximum Gasteiger partial charge on any atom is 0.254 e. The molecule has 6 heteroatoms. The third-order valence-electron chi connectivity index (χ3n) is 4.77. The van der Waals surface area contributed by atoms with E-state index in [-0.39, 0.29) is 5.91 Å². The van der Waals surface area contributed by atoms with Gasteiger partial charge in [-0.2, -0.15) is 0 Å². The fraction of sp³-hybridized carbons (Fsp3) is 0.350. The molecule has 0 aliphatic carbocycles. The molecule has 0 spiro atoms. The predicted octanol–water partition coefficient (Wildman–Crippen LogP) is 2.01. The summed E-state index contributed by atoms with van der Waals surface area (Å²) >= 11 is 3.45. The Bertz CT molecular complexity index is 756. The van der Waals surface area contributed by atoms with Crippen molar-refractivity contribution in [1.29, 1.82) is 0 Å². The van der Waals surface area contributed by atoms with Crippen molar-refractivity contribution in [2.75, 3.05) is 40.4 Å². The van der Waals surface area contributed by atoms with E-state index < -0.39 is 0 Å². The fourth-order valence-electron chi connectivity index (χ4n) is 3.22. The number of rotatable bonds is 5. The lowest BCUT2D eigenvalue weighted by Gasteiger charge is -2.32. The van der Waals surface area contributed by atoms with Crippen LogP contribution in [0.15, 0.2) is 46.9 Å². The van der Waals surface area contributed by atoms with E-state index in [1.807, 2.05) is 35.2 Å².